The Morgan fingerprint density at radius 2 is 1.86 bits per heavy atom. The zero-order valence-electron chi connectivity index (χ0n) is 11.4. The molecule has 1 aromatic carbocycles. The van der Waals surface area contributed by atoms with Crippen molar-refractivity contribution < 1.29 is 22.7 Å². The molecular formula is C13H15ClF3NO2S. The van der Waals surface area contributed by atoms with Crippen LogP contribution in [0, 0.1) is 5.41 Å². The van der Waals surface area contributed by atoms with E-state index in [0.29, 0.717) is 0 Å². The fourth-order valence-electron chi connectivity index (χ4n) is 2.09. The van der Waals surface area contributed by atoms with Gasteiger partial charge in [0, 0.05) is 10.3 Å². The number of nitrogens with one attached hydrogen (secondary N) is 1. The third-order valence-electron chi connectivity index (χ3n) is 3.07. The summed E-state index contributed by atoms with van der Waals surface area (Å²) in [6, 6.07) is 5.74. The lowest BCUT2D eigenvalue weighted by atomic mass is 9.80. The van der Waals surface area contributed by atoms with E-state index in [-0.39, 0.29) is 47.1 Å². The number of benzene rings is 1. The van der Waals surface area contributed by atoms with Gasteiger partial charge in [0.2, 0.25) is 0 Å². The summed E-state index contributed by atoms with van der Waals surface area (Å²) < 4.78 is 41.7. The van der Waals surface area contributed by atoms with E-state index in [9.17, 15) is 18.0 Å². The Bertz CT molecular complexity index is 505. The van der Waals surface area contributed by atoms with Crippen molar-refractivity contribution in [3.8, 4) is 0 Å². The van der Waals surface area contributed by atoms with Gasteiger partial charge in [0.15, 0.2) is 0 Å². The molecule has 8 heteroatoms. The molecule has 118 valence electrons. The smallest absolute Gasteiger partial charge is 0.446 e. The number of carbonyl (C=O) groups excluding carboxylic acids is 1. The van der Waals surface area contributed by atoms with Crippen LogP contribution in [0.5, 0.6) is 0 Å². The first-order valence-corrected chi connectivity index (χ1v) is 6.78. The van der Waals surface area contributed by atoms with Crippen LogP contribution >= 0.6 is 24.2 Å². The molecule has 1 aromatic rings. The fraction of sp³-hybridized carbons (Fsp3) is 0.462. The lowest BCUT2D eigenvalue weighted by molar-refractivity contribution is -0.0328. The summed E-state index contributed by atoms with van der Waals surface area (Å²) in [7, 11) is 0. The molecule has 0 radical (unpaired) electrons. The SMILES string of the molecule is CC1(C)COC(=O)N[C@H]1c1ccc(SC(F)(F)F)cc1.Cl. The van der Waals surface area contributed by atoms with Gasteiger partial charge in [0.25, 0.3) is 0 Å². The van der Waals surface area contributed by atoms with E-state index >= 15 is 0 Å². The summed E-state index contributed by atoms with van der Waals surface area (Å²) in [5.74, 6) is 0. The van der Waals surface area contributed by atoms with E-state index in [1.807, 2.05) is 13.8 Å². The highest BCUT2D eigenvalue weighted by Gasteiger charge is 2.38. The number of ether oxygens (including phenoxy) is 1. The number of halogens is 4. The molecule has 3 nitrogen and oxygen atoms in total. The molecule has 0 unspecified atom stereocenters. The Labute approximate surface area is 131 Å². The standard InChI is InChI=1S/C13H14F3NO2S.ClH/c1-12(2)7-19-11(18)17-10(12)8-3-5-9(6-4-8)20-13(14,15)16;/h3-6,10H,7H2,1-2H3,(H,17,18);1H/t10-;/m0./s1. The van der Waals surface area contributed by atoms with Crippen molar-refractivity contribution in [3.63, 3.8) is 0 Å². The van der Waals surface area contributed by atoms with E-state index in [1.54, 1.807) is 12.1 Å². The third-order valence-corrected chi connectivity index (χ3v) is 3.81. The predicted molar refractivity (Wildman–Crippen MR) is 76.6 cm³/mol. The van der Waals surface area contributed by atoms with E-state index < -0.39 is 11.6 Å². The number of hydrogen-bond donors (Lipinski definition) is 1. The number of amides is 1. The second-order valence-electron chi connectivity index (χ2n) is 5.26. The molecular weight excluding hydrogens is 327 g/mol. The van der Waals surface area contributed by atoms with Crippen molar-refractivity contribution >= 4 is 30.3 Å². The molecule has 1 saturated heterocycles. The highest BCUT2D eigenvalue weighted by atomic mass is 35.5. The number of rotatable bonds is 2. The van der Waals surface area contributed by atoms with Gasteiger partial charge in [-0.25, -0.2) is 4.79 Å². The molecule has 1 amide bonds. The second kappa shape index (κ2) is 6.36. The normalized spacial score (nSPS) is 21.0. The number of alkyl halides is 3. The molecule has 0 aromatic heterocycles. The van der Waals surface area contributed by atoms with Gasteiger partial charge in [-0.2, -0.15) is 13.2 Å². The van der Waals surface area contributed by atoms with Crippen LogP contribution in [-0.2, 0) is 4.74 Å². The molecule has 1 atom stereocenters. The Kier molecular flexibility index (Phi) is 5.44. The van der Waals surface area contributed by atoms with Crippen LogP contribution in [0.1, 0.15) is 25.5 Å². The number of alkyl carbamates (subject to hydrolysis) is 1. The molecule has 2 rings (SSSR count). The van der Waals surface area contributed by atoms with Crippen LogP contribution in [0.2, 0.25) is 0 Å². The van der Waals surface area contributed by atoms with Gasteiger partial charge in [-0.15, -0.1) is 12.4 Å². The molecule has 0 saturated carbocycles. The highest BCUT2D eigenvalue weighted by molar-refractivity contribution is 8.00. The van der Waals surface area contributed by atoms with Crippen molar-refractivity contribution in [2.75, 3.05) is 6.61 Å². The monoisotopic (exact) mass is 341 g/mol. The summed E-state index contributed by atoms with van der Waals surface area (Å²) in [4.78, 5) is 11.4. The predicted octanol–water partition coefficient (Wildman–Crippen LogP) is 4.53. The number of carbonyl (C=O) groups is 1. The Hall–Kier alpha value is -1.08. The van der Waals surface area contributed by atoms with Crippen LogP contribution in [0.3, 0.4) is 0 Å². The number of cyclic esters (lactones) is 1. The van der Waals surface area contributed by atoms with Crippen molar-refractivity contribution in [2.24, 2.45) is 5.41 Å². The quantitative estimate of drug-likeness (QED) is 0.803. The van der Waals surface area contributed by atoms with E-state index in [1.165, 1.54) is 12.1 Å². The first kappa shape index (κ1) is 18.0. The molecule has 1 heterocycles. The van der Waals surface area contributed by atoms with E-state index in [2.05, 4.69) is 5.32 Å². The minimum atomic E-state index is -4.30. The van der Waals surface area contributed by atoms with Gasteiger partial charge in [0.05, 0.1) is 6.04 Å². The third kappa shape index (κ3) is 4.71. The van der Waals surface area contributed by atoms with Crippen LogP contribution in [-0.4, -0.2) is 18.2 Å². The second-order valence-corrected chi connectivity index (χ2v) is 6.40. The molecule has 21 heavy (non-hydrogen) atoms. The lowest BCUT2D eigenvalue weighted by Crippen LogP contribution is -2.46. The maximum absolute atomic E-state index is 12.3. The molecule has 0 spiro atoms. The van der Waals surface area contributed by atoms with E-state index in [0.717, 1.165) is 5.56 Å². The van der Waals surface area contributed by atoms with Gasteiger partial charge in [0.1, 0.15) is 6.61 Å². The van der Waals surface area contributed by atoms with Gasteiger partial charge < -0.3 is 10.1 Å². The average Bonchev–Trinajstić information content (AvgIpc) is 2.32. The Morgan fingerprint density at radius 1 is 1.29 bits per heavy atom. The molecule has 1 aliphatic rings. The van der Waals surface area contributed by atoms with Crippen molar-refractivity contribution in [3.05, 3.63) is 29.8 Å². The maximum atomic E-state index is 12.3. The lowest BCUT2D eigenvalue weighted by Gasteiger charge is -2.38. The van der Waals surface area contributed by atoms with Gasteiger partial charge >= 0.3 is 11.6 Å². The Morgan fingerprint density at radius 3 is 2.38 bits per heavy atom. The van der Waals surface area contributed by atoms with Crippen LogP contribution in [0.4, 0.5) is 18.0 Å². The van der Waals surface area contributed by atoms with Crippen LogP contribution < -0.4 is 5.32 Å². The minimum Gasteiger partial charge on any atom is -0.449 e. The first-order valence-electron chi connectivity index (χ1n) is 5.96. The molecule has 1 aliphatic heterocycles. The van der Waals surface area contributed by atoms with Crippen molar-refractivity contribution in [2.45, 2.75) is 30.3 Å². The summed E-state index contributed by atoms with van der Waals surface area (Å²) in [5, 5.41) is 2.70. The zero-order valence-corrected chi connectivity index (χ0v) is 13.0. The maximum Gasteiger partial charge on any atom is 0.446 e. The van der Waals surface area contributed by atoms with Crippen LogP contribution in [0.25, 0.3) is 0 Å². The first-order chi connectivity index (χ1) is 9.17. The summed E-state index contributed by atoms with van der Waals surface area (Å²) in [6.45, 7) is 4.12. The summed E-state index contributed by atoms with van der Waals surface area (Å²) in [6.07, 6.45) is -0.511. The minimum absolute atomic E-state index is 0. The van der Waals surface area contributed by atoms with Gasteiger partial charge in [-0.05, 0) is 29.5 Å². The molecule has 0 aliphatic carbocycles. The van der Waals surface area contributed by atoms with E-state index in [4.69, 9.17) is 4.74 Å². The van der Waals surface area contributed by atoms with Crippen LogP contribution in [0.15, 0.2) is 29.2 Å². The van der Waals surface area contributed by atoms with Gasteiger partial charge in [-0.3, -0.25) is 0 Å². The van der Waals surface area contributed by atoms with Crippen molar-refractivity contribution in [1.82, 2.24) is 5.32 Å². The Balaban J connectivity index is 0.00000220. The zero-order chi connectivity index (χ0) is 15.0. The summed E-state index contributed by atoms with van der Waals surface area (Å²) >= 11 is -0.155. The topological polar surface area (TPSA) is 38.3 Å². The average molecular weight is 342 g/mol. The highest BCUT2D eigenvalue weighted by Crippen LogP contribution is 2.39. The molecule has 1 N–H and O–H groups in total. The molecule has 1 fully saturated rings. The summed E-state index contributed by atoms with van der Waals surface area (Å²) in [5.41, 5.74) is -3.86. The fourth-order valence-corrected chi connectivity index (χ4v) is 2.63. The molecule has 0 bridgehead atoms. The van der Waals surface area contributed by atoms with Crippen molar-refractivity contribution in [1.29, 1.82) is 0 Å². The largest absolute Gasteiger partial charge is 0.449 e. The number of hydrogen-bond acceptors (Lipinski definition) is 3. The number of thioether (sulfide) groups is 1. The van der Waals surface area contributed by atoms with Gasteiger partial charge in [-0.1, -0.05) is 26.0 Å².